The molecule has 0 spiro atoms. The van der Waals surface area contributed by atoms with Crippen molar-refractivity contribution in [1.82, 2.24) is 14.7 Å². The monoisotopic (exact) mass is 383 g/mol. The number of rotatable bonds is 6. The van der Waals surface area contributed by atoms with Gasteiger partial charge in [-0.2, -0.15) is 13.2 Å². The number of carbonyl (C=O) groups is 1. The minimum absolute atomic E-state index is 0.270. The fourth-order valence-corrected chi connectivity index (χ4v) is 3.34. The summed E-state index contributed by atoms with van der Waals surface area (Å²) in [5.74, 6) is -0.270. The molecule has 1 aromatic carbocycles. The van der Waals surface area contributed by atoms with Gasteiger partial charge in [0.25, 0.3) is 5.91 Å². The molecule has 0 aliphatic heterocycles. The summed E-state index contributed by atoms with van der Waals surface area (Å²) in [6.07, 6.45) is -0.293. The molecule has 138 valence electrons. The molecule has 3 rings (SSSR count). The maximum Gasteiger partial charge on any atom is 0.416 e. The van der Waals surface area contributed by atoms with E-state index in [1.54, 1.807) is 23.9 Å². The lowest BCUT2D eigenvalue weighted by molar-refractivity contribution is -0.137. The number of alkyl halides is 3. The Labute approximate surface area is 151 Å². The van der Waals surface area contributed by atoms with Crippen molar-refractivity contribution in [1.29, 1.82) is 0 Å². The lowest BCUT2D eigenvalue weighted by atomic mass is 10.1. The van der Waals surface area contributed by atoms with Crippen LogP contribution in [-0.4, -0.2) is 35.6 Å². The fourth-order valence-electron chi connectivity index (χ4n) is 2.37. The molecule has 2 aromatic heterocycles. The number of ether oxygens (including phenoxy) is 1. The number of nitrogens with one attached hydrogen (secondary N) is 1. The van der Waals surface area contributed by atoms with Gasteiger partial charge >= 0.3 is 6.18 Å². The Morgan fingerprint density at radius 2 is 2.00 bits per heavy atom. The van der Waals surface area contributed by atoms with Crippen LogP contribution in [0.1, 0.15) is 22.5 Å². The van der Waals surface area contributed by atoms with Gasteiger partial charge in [0.15, 0.2) is 4.96 Å². The predicted octanol–water partition coefficient (Wildman–Crippen LogP) is 3.85. The first-order valence-electron chi connectivity index (χ1n) is 7.82. The molecule has 0 radical (unpaired) electrons. The second-order valence-electron chi connectivity index (χ2n) is 5.59. The van der Waals surface area contributed by atoms with E-state index in [0.717, 1.165) is 17.0 Å². The van der Waals surface area contributed by atoms with Crippen LogP contribution in [0, 0.1) is 0 Å². The minimum atomic E-state index is -4.35. The third-order valence-electron chi connectivity index (χ3n) is 3.70. The summed E-state index contributed by atoms with van der Waals surface area (Å²) in [5, 5.41) is 2.75. The van der Waals surface area contributed by atoms with E-state index in [-0.39, 0.29) is 5.91 Å². The highest BCUT2D eigenvalue weighted by Gasteiger charge is 2.30. The van der Waals surface area contributed by atoms with Crippen LogP contribution in [0.2, 0.25) is 0 Å². The van der Waals surface area contributed by atoms with E-state index >= 15 is 0 Å². The smallest absolute Gasteiger partial charge is 0.385 e. The van der Waals surface area contributed by atoms with Gasteiger partial charge in [0, 0.05) is 32.7 Å². The predicted molar refractivity (Wildman–Crippen MR) is 92.3 cm³/mol. The molecular formula is C17H16F3N3O2S. The number of fused-ring (bicyclic) bond motifs is 1. The van der Waals surface area contributed by atoms with Crippen LogP contribution in [0.15, 0.2) is 36.7 Å². The summed E-state index contributed by atoms with van der Waals surface area (Å²) in [6, 6.07) is 4.96. The minimum Gasteiger partial charge on any atom is -0.385 e. The van der Waals surface area contributed by atoms with Gasteiger partial charge in [0.2, 0.25) is 0 Å². The molecule has 5 nitrogen and oxygen atoms in total. The molecule has 2 heterocycles. The maximum absolute atomic E-state index is 12.6. The summed E-state index contributed by atoms with van der Waals surface area (Å²) in [6.45, 7) is 1.06. The molecule has 1 amide bonds. The van der Waals surface area contributed by atoms with Crippen molar-refractivity contribution in [2.24, 2.45) is 0 Å². The summed E-state index contributed by atoms with van der Waals surface area (Å²) in [7, 11) is 1.60. The Hall–Kier alpha value is -2.39. The van der Waals surface area contributed by atoms with E-state index in [9.17, 15) is 18.0 Å². The lowest BCUT2D eigenvalue weighted by Crippen LogP contribution is -2.25. The fraction of sp³-hybridized carbons (Fsp3) is 0.294. The van der Waals surface area contributed by atoms with Crippen molar-refractivity contribution in [3.63, 3.8) is 0 Å². The highest BCUT2D eigenvalue weighted by atomic mass is 32.1. The molecule has 3 aromatic rings. The van der Waals surface area contributed by atoms with E-state index in [1.807, 2.05) is 0 Å². The number of nitrogens with zero attached hydrogens (tertiary/aromatic N) is 2. The molecule has 0 aliphatic rings. The normalized spacial score (nSPS) is 11.8. The van der Waals surface area contributed by atoms with E-state index in [4.69, 9.17) is 4.74 Å². The van der Waals surface area contributed by atoms with E-state index in [2.05, 4.69) is 10.3 Å². The van der Waals surface area contributed by atoms with Gasteiger partial charge < -0.3 is 10.1 Å². The molecule has 1 N–H and O–H groups in total. The van der Waals surface area contributed by atoms with Crippen LogP contribution in [-0.2, 0) is 10.9 Å². The zero-order valence-corrected chi connectivity index (χ0v) is 14.7. The van der Waals surface area contributed by atoms with Crippen molar-refractivity contribution in [3.05, 3.63) is 47.9 Å². The topological polar surface area (TPSA) is 55.6 Å². The van der Waals surface area contributed by atoms with Crippen LogP contribution < -0.4 is 5.32 Å². The summed E-state index contributed by atoms with van der Waals surface area (Å²) in [5.41, 5.74) is 0.279. The maximum atomic E-state index is 12.6. The molecule has 0 aliphatic carbocycles. The Kier molecular flexibility index (Phi) is 5.28. The second-order valence-corrected chi connectivity index (χ2v) is 6.60. The Balaban J connectivity index is 1.73. The van der Waals surface area contributed by atoms with E-state index in [1.165, 1.54) is 23.5 Å². The number of benzene rings is 1. The molecular weight excluding hydrogens is 367 g/mol. The number of halogens is 3. The van der Waals surface area contributed by atoms with Gasteiger partial charge in [0.05, 0.1) is 10.4 Å². The standard InChI is InChI=1S/C17H16F3N3O2S/c1-25-8-2-7-21-15(24)13-9-23-10-14(26-16(23)22-13)11-3-5-12(6-4-11)17(18,19)20/h3-6,9-10H,2,7-8H2,1H3,(H,21,24). The van der Waals surface area contributed by atoms with Gasteiger partial charge in [-0.3, -0.25) is 9.20 Å². The van der Waals surface area contributed by atoms with Crippen molar-refractivity contribution < 1.29 is 22.7 Å². The number of imidazole rings is 1. The first-order valence-corrected chi connectivity index (χ1v) is 8.63. The van der Waals surface area contributed by atoms with Crippen LogP contribution in [0.3, 0.4) is 0 Å². The van der Waals surface area contributed by atoms with E-state index < -0.39 is 11.7 Å². The first kappa shape index (κ1) is 18.4. The average Bonchev–Trinajstić information content (AvgIpc) is 3.17. The van der Waals surface area contributed by atoms with Gasteiger partial charge in [-0.05, 0) is 24.1 Å². The zero-order chi connectivity index (χ0) is 18.7. The molecule has 26 heavy (non-hydrogen) atoms. The molecule has 0 saturated heterocycles. The third kappa shape index (κ3) is 4.05. The zero-order valence-electron chi connectivity index (χ0n) is 13.8. The van der Waals surface area contributed by atoms with Gasteiger partial charge in [0.1, 0.15) is 5.69 Å². The number of amides is 1. The highest BCUT2D eigenvalue weighted by molar-refractivity contribution is 7.20. The molecule has 0 fully saturated rings. The van der Waals surface area contributed by atoms with Crippen LogP contribution in [0.5, 0.6) is 0 Å². The third-order valence-corrected chi connectivity index (χ3v) is 4.74. The number of methoxy groups -OCH3 is 1. The Morgan fingerprint density at radius 1 is 1.27 bits per heavy atom. The molecule has 0 saturated carbocycles. The Bertz CT molecular complexity index is 869. The first-order chi connectivity index (χ1) is 12.4. The number of thiazole rings is 1. The van der Waals surface area contributed by atoms with Crippen LogP contribution in [0.4, 0.5) is 13.2 Å². The summed E-state index contributed by atoms with van der Waals surface area (Å²) < 4.78 is 44.5. The molecule has 0 unspecified atom stereocenters. The quantitative estimate of drug-likeness (QED) is 0.658. The number of hydrogen-bond donors (Lipinski definition) is 1. The number of aromatic nitrogens is 2. The molecule has 0 atom stereocenters. The van der Waals surface area contributed by atoms with Crippen molar-refractivity contribution in [2.45, 2.75) is 12.6 Å². The molecule has 9 heteroatoms. The number of hydrogen-bond acceptors (Lipinski definition) is 4. The van der Waals surface area contributed by atoms with Crippen molar-refractivity contribution >= 4 is 22.2 Å². The number of carbonyl (C=O) groups excluding carboxylic acids is 1. The SMILES string of the molecule is COCCCNC(=O)c1cn2cc(-c3ccc(C(F)(F)F)cc3)sc2n1. The van der Waals surface area contributed by atoms with Gasteiger partial charge in [-0.1, -0.05) is 23.5 Å². The lowest BCUT2D eigenvalue weighted by Gasteiger charge is -2.06. The average molecular weight is 383 g/mol. The summed E-state index contributed by atoms with van der Waals surface area (Å²) in [4.78, 5) is 17.7. The van der Waals surface area contributed by atoms with Crippen molar-refractivity contribution in [3.8, 4) is 10.4 Å². The van der Waals surface area contributed by atoms with Crippen LogP contribution >= 0.6 is 11.3 Å². The highest BCUT2D eigenvalue weighted by Crippen LogP contribution is 2.33. The molecule has 0 bridgehead atoms. The summed E-state index contributed by atoms with van der Waals surface area (Å²) >= 11 is 1.30. The largest absolute Gasteiger partial charge is 0.416 e. The van der Waals surface area contributed by atoms with Gasteiger partial charge in [-0.15, -0.1) is 0 Å². The van der Waals surface area contributed by atoms with Crippen molar-refractivity contribution in [2.75, 3.05) is 20.3 Å². The Morgan fingerprint density at radius 3 is 2.62 bits per heavy atom. The second kappa shape index (κ2) is 7.46. The van der Waals surface area contributed by atoms with E-state index in [0.29, 0.717) is 35.8 Å². The van der Waals surface area contributed by atoms with Gasteiger partial charge in [-0.25, -0.2) is 4.98 Å². The van der Waals surface area contributed by atoms with Crippen LogP contribution in [0.25, 0.3) is 15.4 Å².